The fourth-order valence-electron chi connectivity index (χ4n) is 2.72. The summed E-state index contributed by atoms with van der Waals surface area (Å²) in [7, 11) is 0. The normalized spacial score (nSPS) is 15.0. The van der Waals surface area contributed by atoms with Crippen LogP contribution in [-0.2, 0) is 4.79 Å². The molecule has 1 fully saturated rings. The maximum absolute atomic E-state index is 12.0. The molecule has 0 unspecified atom stereocenters. The Hall–Kier alpha value is -2.67. The fourth-order valence-corrected chi connectivity index (χ4v) is 2.72. The van der Waals surface area contributed by atoms with Crippen molar-refractivity contribution in [3.63, 3.8) is 0 Å². The second-order valence-corrected chi connectivity index (χ2v) is 5.84. The van der Waals surface area contributed by atoms with Gasteiger partial charge in [0.25, 0.3) is 0 Å². The van der Waals surface area contributed by atoms with Gasteiger partial charge in [0.1, 0.15) is 18.2 Å². The van der Waals surface area contributed by atoms with Gasteiger partial charge >= 0.3 is 0 Å². The first-order chi connectivity index (χ1) is 12.3. The zero-order valence-corrected chi connectivity index (χ0v) is 14.2. The lowest BCUT2D eigenvalue weighted by molar-refractivity contribution is -0.122. The Kier molecular flexibility index (Phi) is 6.17. The third kappa shape index (κ3) is 5.42. The molecule has 1 amide bonds. The Bertz CT molecular complexity index is 645. The van der Waals surface area contributed by atoms with Crippen molar-refractivity contribution in [3.05, 3.63) is 48.9 Å². The largest absolute Gasteiger partial charge is 0.492 e. The molecule has 7 heteroatoms. The molecule has 1 aromatic carbocycles. The summed E-state index contributed by atoms with van der Waals surface area (Å²) < 4.78 is 5.56. The first kappa shape index (κ1) is 17.2. The van der Waals surface area contributed by atoms with E-state index < -0.39 is 0 Å². The van der Waals surface area contributed by atoms with Crippen LogP contribution in [-0.4, -0.2) is 66.7 Å². The highest BCUT2D eigenvalue weighted by atomic mass is 16.5. The number of anilines is 1. The third-order valence-electron chi connectivity index (χ3n) is 4.05. The van der Waals surface area contributed by atoms with E-state index in [1.54, 1.807) is 18.6 Å². The smallest absolute Gasteiger partial charge is 0.234 e. The van der Waals surface area contributed by atoms with Crippen molar-refractivity contribution >= 4 is 11.7 Å². The number of amides is 1. The van der Waals surface area contributed by atoms with Crippen molar-refractivity contribution in [2.45, 2.75) is 0 Å². The molecule has 0 saturated carbocycles. The second-order valence-electron chi connectivity index (χ2n) is 5.84. The quantitative estimate of drug-likeness (QED) is 0.751. The lowest BCUT2D eigenvalue weighted by Crippen LogP contribution is -2.50. The van der Waals surface area contributed by atoms with Crippen LogP contribution in [0.4, 0.5) is 5.82 Å². The molecule has 25 heavy (non-hydrogen) atoms. The molecule has 7 nitrogen and oxygen atoms in total. The average molecular weight is 341 g/mol. The number of carbonyl (C=O) groups excluding carboxylic acids is 1. The predicted octanol–water partition coefficient (Wildman–Crippen LogP) is 0.794. The molecule has 0 radical (unpaired) electrons. The number of hydrogen-bond acceptors (Lipinski definition) is 6. The van der Waals surface area contributed by atoms with Gasteiger partial charge in [-0.15, -0.1) is 0 Å². The molecular weight excluding hydrogens is 318 g/mol. The number of carbonyl (C=O) groups is 1. The average Bonchev–Trinajstić information content (AvgIpc) is 2.67. The number of piperazine rings is 1. The minimum atomic E-state index is 0.0321. The van der Waals surface area contributed by atoms with Crippen molar-refractivity contribution in [3.8, 4) is 5.75 Å². The molecule has 3 rings (SSSR count). The summed E-state index contributed by atoms with van der Waals surface area (Å²) >= 11 is 0. The molecule has 1 N–H and O–H groups in total. The van der Waals surface area contributed by atoms with E-state index in [0.29, 0.717) is 19.7 Å². The summed E-state index contributed by atoms with van der Waals surface area (Å²) in [4.78, 5) is 24.8. The van der Waals surface area contributed by atoms with Gasteiger partial charge in [-0.2, -0.15) is 0 Å². The Balaban J connectivity index is 1.31. The van der Waals surface area contributed by atoms with Crippen LogP contribution in [0.3, 0.4) is 0 Å². The van der Waals surface area contributed by atoms with Gasteiger partial charge in [-0.05, 0) is 12.1 Å². The first-order valence-corrected chi connectivity index (χ1v) is 8.49. The highest BCUT2D eigenvalue weighted by Crippen LogP contribution is 2.11. The number of benzene rings is 1. The molecule has 1 saturated heterocycles. The Morgan fingerprint density at radius 2 is 1.92 bits per heavy atom. The van der Waals surface area contributed by atoms with Crippen molar-refractivity contribution in [1.29, 1.82) is 0 Å². The number of hydrogen-bond donors (Lipinski definition) is 1. The topological polar surface area (TPSA) is 70.6 Å². The van der Waals surface area contributed by atoms with Crippen LogP contribution < -0.4 is 15.0 Å². The Morgan fingerprint density at radius 3 is 2.64 bits per heavy atom. The van der Waals surface area contributed by atoms with Crippen molar-refractivity contribution in [2.75, 3.05) is 50.8 Å². The summed E-state index contributed by atoms with van der Waals surface area (Å²) in [5.74, 6) is 1.74. The monoisotopic (exact) mass is 341 g/mol. The van der Waals surface area contributed by atoms with Crippen LogP contribution in [0.15, 0.2) is 48.9 Å². The van der Waals surface area contributed by atoms with Crippen molar-refractivity contribution < 1.29 is 9.53 Å². The maximum Gasteiger partial charge on any atom is 0.234 e. The second kappa shape index (κ2) is 8.98. The van der Waals surface area contributed by atoms with E-state index >= 15 is 0 Å². The molecule has 0 bridgehead atoms. The molecule has 0 atom stereocenters. The number of para-hydroxylation sites is 1. The fraction of sp³-hybridized carbons (Fsp3) is 0.389. The predicted molar refractivity (Wildman–Crippen MR) is 95.6 cm³/mol. The van der Waals surface area contributed by atoms with Crippen LogP contribution in [0.5, 0.6) is 5.75 Å². The molecule has 2 heterocycles. The molecule has 1 aliphatic heterocycles. The number of nitrogens with one attached hydrogen (secondary N) is 1. The standard InChI is InChI=1S/C18H23N5O2/c24-18(21-8-13-25-16-4-2-1-3-5-16)15-22-9-11-23(12-10-22)17-14-19-6-7-20-17/h1-7,14H,8-13,15H2,(H,21,24). The minimum absolute atomic E-state index is 0.0321. The van der Waals surface area contributed by atoms with E-state index in [9.17, 15) is 4.79 Å². The summed E-state index contributed by atoms with van der Waals surface area (Å²) in [5.41, 5.74) is 0. The van der Waals surface area contributed by atoms with Gasteiger partial charge in [-0.3, -0.25) is 14.7 Å². The molecule has 1 aliphatic rings. The van der Waals surface area contributed by atoms with Crippen LogP contribution in [0, 0.1) is 0 Å². The highest BCUT2D eigenvalue weighted by molar-refractivity contribution is 5.78. The van der Waals surface area contributed by atoms with E-state index in [-0.39, 0.29) is 5.91 Å². The summed E-state index contributed by atoms with van der Waals surface area (Å²) in [6.07, 6.45) is 5.15. The summed E-state index contributed by atoms with van der Waals surface area (Å²) in [6, 6.07) is 9.60. The van der Waals surface area contributed by atoms with E-state index in [0.717, 1.165) is 37.7 Å². The van der Waals surface area contributed by atoms with E-state index in [1.807, 2.05) is 30.3 Å². The number of nitrogens with zero attached hydrogens (tertiary/aromatic N) is 4. The minimum Gasteiger partial charge on any atom is -0.492 e. The molecule has 1 aromatic heterocycles. The van der Waals surface area contributed by atoms with Gasteiger partial charge in [-0.25, -0.2) is 4.98 Å². The molecule has 2 aromatic rings. The number of aromatic nitrogens is 2. The van der Waals surface area contributed by atoms with Crippen LogP contribution in [0.25, 0.3) is 0 Å². The van der Waals surface area contributed by atoms with E-state index in [4.69, 9.17) is 4.74 Å². The summed E-state index contributed by atoms with van der Waals surface area (Å²) in [6.45, 7) is 4.77. The van der Waals surface area contributed by atoms with Gasteiger partial charge in [0, 0.05) is 38.6 Å². The number of ether oxygens (including phenoxy) is 1. The lowest BCUT2D eigenvalue weighted by atomic mass is 10.3. The van der Waals surface area contributed by atoms with Crippen LogP contribution in [0.2, 0.25) is 0 Å². The van der Waals surface area contributed by atoms with Crippen molar-refractivity contribution in [1.82, 2.24) is 20.2 Å². The Morgan fingerprint density at radius 1 is 1.12 bits per heavy atom. The van der Waals surface area contributed by atoms with Gasteiger partial charge in [0.05, 0.1) is 19.3 Å². The van der Waals surface area contributed by atoms with E-state index in [1.165, 1.54) is 0 Å². The SMILES string of the molecule is O=C(CN1CCN(c2cnccn2)CC1)NCCOc1ccccc1. The molecule has 132 valence electrons. The van der Waals surface area contributed by atoms with E-state index in [2.05, 4.69) is 25.1 Å². The third-order valence-corrected chi connectivity index (χ3v) is 4.05. The maximum atomic E-state index is 12.0. The Labute approximate surface area is 147 Å². The summed E-state index contributed by atoms with van der Waals surface area (Å²) in [5, 5.41) is 2.90. The number of rotatable bonds is 7. The first-order valence-electron chi connectivity index (χ1n) is 8.49. The lowest BCUT2D eigenvalue weighted by Gasteiger charge is -2.34. The van der Waals surface area contributed by atoms with Gasteiger partial charge in [-0.1, -0.05) is 18.2 Å². The zero-order valence-electron chi connectivity index (χ0n) is 14.2. The van der Waals surface area contributed by atoms with Crippen molar-refractivity contribution in [2.24, 2.45) is 0 Å². The van der Waals surface area contributed by atoms with Gasteiger partial charge in [0.2, 0.25) is 5.91 Å². The molecule has 0 spiro atoms. The zero-order chi connectivity index (χ0) is 17.3. The van der Waals surface area contributed by atoms with Crippen LogP contribution in [0.1, 0.15) is 0 Å². The molecule has 0 aliphatic carbocycles. The van der Waals surface area contributed by atoms with Crippen LogP contribution >= 0.6 is 0 Å². The highest BCUT2D eigenvalue weighted by Gasteiger charge is 2.19. The van der Waals surface area contributed by atoms with Gasteiger partial charge < -0.3 is 15.0 Å². The van der Waals surface area contributed by atoms with Gasteiger partial charge in [0.15, 0.2) is 0 Å². The molecular formula is C18H23N5O2.